The van der Waals surface area contributed by atoms with E-state index in [-0.39, 0.29) is 61.9 Å². The van der Waals surface area contributed by atoms with Crippen LogP contribution in [0.3, 0.4) is 0 Å². The Balaban J connectivity index is 1.14. The number of benzene rings is 1. The number of esters is 1. The van der Waals surface area contributed by atoms with Gasteiger partial charge in [-0.2, -0.15) is 0 Å². The Labute approximate surface area is 353 Å². The zero-order chi connectivity index (χ0) is 44.6. The molecule has 4 amide bonds. The SMILES string of the molecule is CC[C@@]1(O)C(=O)OCc2c1cc1n(c2=O)Cc2c-1nc1cc(F)c(C)c3c1c2[C@@H](NC(=O)CCCNC(=O)[C@H](CCCCNC(=O)OC(C)(C)C)NC(=O)[C@@H](N)C(C)C)CC3. The number of aryl methyl sites for hydroxylation is 1. The number of cyclic esters (lactones) is 1. The van der Waals surface area contributed by atoms with E-state index < -0.39 is 64.6 Å². The Kier molecular flexibility index (Phi) is 13.2. The average molecular weight is 848 g/mol. The first-order chi connectivity index (χ1) is 28.7. The molecule has 0 unspecified atom stereocenters. The van der Waals surface area contributed by atoms with Gasteiger partial charge in [0.25, 0.3) is 5.56 Å². The number of fused-ring (bicyclic) bond motifs is 5. The molecule has 4 atom stereocenters. The Morgan fingerprint density at radius 2 is 1.79 bits per heavy atom. The van der Waals surface area contributed by atoms with Crippen LogP contribution in [0.15, 0.2) is 16.9 Å². The van der Waals surface area contributed by atoms with Crippen molar-refractivity contribution in [3.8, 4) is 11.4 Å². The van der Waals surface area contributed by atoms with Gasteiger partial charge in [0.05, 0.1) is 41.1 Å². The smallest absolute Gasteiger partial charge is 0.407 e. The number of aliphatic hydroxyl groups is 1. The number of unbranched alkanes of at least 4 members (excludes halogenated alkanes) is 1. The van der Waals surface area contributed by atoms with Gasteiger partial charge < -0.3 is 46.1 Å². The zero-order valence-electron chi connectivity index (χ0n) is 36.0. The molecule has 0 fully saturated rings. The molecule has 3 aromatic rings. The highest BCUT2D eigenvalue weighted by Crippen LogP contribution is 2.46. The predicted molar refractivity (Wildman–Crippen MR) is 223 cm³/mol. The van der Waals surface area contributed by atoms with Crippen LogP contribution in [-0.4, -0.2) is 75.2 Å². The lowest BCUT2D eigenvalue weighted by molar-refractivity contribution is -0.172. The van der Waals surface area contributed by atoms with E-state index in [9.17, 15) is 33.9 Å². The third kappa shape index (κ3) is 9.27. The van der Waals surface area contributed by atoms with E-state index in [0.29, 0.717) is 66.7 Å². The average Bonchev–Trinajstić information content (AvgIpc) is 3.57. The van der Waals surface area contributed by atoms with Crippen LogP contribution < -0.4 is 32.6 Å². The third-order valence-electron chi connectivity index (χ3n) is 11.8. The molecule has 3 aliphatic rings. The number of hydrogen-bond acceptors (Lipinski definition) is 11. The minimum Gasteiger partial charge on any atom is -0.458 e. The molecule has 61 heavy (non-hydrogen) atoms. The maximum atomic E-state index is 15.3. The first-order valence-electron chi connectivity index (χ1n) is 21.2. The van der Waals surface area contributed by atoms with Crippen LogP contribution in [0.2, 0.25) is 0 Å². The number of alkyl carbamates (subject to hydrolysis) is 1. The second kappa shape index (κ2) is 17.9. The minimum absolute atomic E-state index is 0.0165. The number of carbonyl (C=O) groups is 5. The molecule has 0 saturated heterocycles. The van der Waals surface area contributed by atoms with Crippen LogP contribution in [0.4, 0.5) is 9.18 Å². The molecule has 0 spiro atoms. The van der Waals surface area contributed by atoms with Gasteiger partial charge in [0.2, 0.25) is 17.7 Å². The van der Waals surface area contributed by atoms with Crippen molar-refractivity contribution in [1.82, 2.24) is 30.8 Å². The molecule has 0 radical (unpaired) electrons. The molecule has 1 aromatic carbocycles. The molecule has 2 aromatic heterocycles. The van der Waals surface area contributed by atoms with Crippen LogP contribution in [0.1, 0.15) is 126 Å². The first-order valence-corrected chi connectivity index (χ1v) is 21.2. The van der Waals surface area contributed by atoms with Crippen LogP contribution in [0, 0.1) is 18.7 Å². The fourth-order valence-corrected chi connectivity index (χ4v) is 8.37. The van der Waals surface area contributed by atoms with Gasteiger partial charge in [-0.25, -0.2) is 19.0 Å². The molecule has 17 heteroatoms. The van der Waals surface area contributed by atoms with Crippen LogP contribution >= 0.6 is 0 Å². The standard InChI is InChI=1S/C44H58FN7O9/c1-8-44(59)27-18-32-37-25(20-52(32)40(56)26(27)21-60-41(44)57)35-29(15-14-24-23(4)28(45)19-31(50-37)34(24)35)49-33(53)13-11-17-47-38(54)30(51-39(55)36(46)22(2)3)12-9-10-16-48-42(58)61-43(5,6)7/h18-19,22,29-30,36,59H,8-17,20-21,46H2,1-7H3,(H,47,54)(H,48,58)(H,49,53)(H,51,55)/t29-,30-,36-,44-/m0/s1. The summed E-state index contributed by atoms with van der Waals surface area (Å²) in [6, 6.07) is 0.756. The lowest BCUT2D eigenvalue weighted by Gasteiger charge is -2.31. The number of aromatic nitrogens is 2. The number of ether oxygens (including phenoxy) is 2. The van der Waals surface area contributed by atoms with Gasteiger partial charge in [0, 0.05) is 42.1 Å². The molecule has 1 aliphatic carbocycles. The fraction of sp³-hybridized carbons (Fsp3) is 0.568. The van der Waals surface area contributed by atoms with Crippen LogP contribution in [-0.2, 0) is 53.8 Å². The summed E-state index contributed by atoms with van der Waals surface area (Å²) in [7, 11) is 0. The van der Waals surface area contributed by atoms with Crippen molar-refractivity contribution < 1.29 is 42.9 Å². The van der Waals surface area contributed by atoms with Crippen molar-refractivity contribution in [2.75, 3.05) is 13.1 Å². The first kappa shape index (κ1) is 45.1. The summed E-state index contributed by atoms with van der Waals surface area (Å²) in [6.07, 6.45) is 2.05. The highest BCUT2D eigenvalue weighted by atomic mass is 19.1. The Hall–Kier alpha value is -5.42. The third-order valence-corrected chi connectivity index (χ3v) is 11.8. The number of amides is 4. The minimum atomic E-state index is -2.01. The fourth-order valence-electron chi connectivity index (χ4n) is 8.37. The van der Waals surface area contributed by atoms with Crippen molar-refractivity contribution in [2.45, 2.75) is 142 Å². The van der Waals surface area contributed by atoms with Gasteiger partial charge in [-0.05, 0) is 101 Å². The van der Waals surface area contributed by atoms with Gasteiger partial charge in [0.1, 0.15) is 24.1 Å². The Morgan fingerprint density at radius 1 is 1.07 bits per heavy atom. The number of carbonyl (C=O) groups excluding carboxylic acids is 5. The molecule has 16 nitrogen and oxygen atoms in total. The van der Waals surface area contributed by atoms with Crippen molar-refractivity contribution >= 4 is 40.7 Å². The summed E-state index contributed by atoms with van der Waals surface area (Å²) in [5, 5.41) is 23.5. The maximum Gasteiger partial charge on any atom is 0.407 e. The Bertz CT molecular complexity index is 2320. The molecule has 2 aliphatic heterocycles. The van der Waals surface area contributed by atoms with Crippen molar-refractivity contribution in [3.63, 3.8) is 0 Å². The highest BCUT2D eigenvalue weighted by Gasteiger charge is 2.46. The number of nitrogens with two attached hydrogens (primary N) is 1. The summed E-state index contributed by atoms with van der Waals surface area (Å²) < 4.78 is 27.3. The summed E-state index contributed by atoms with van der Waals surface area (Å²) in [6.45, 7) is 12.6. The summed E-state index contributed by atoms with van der Waals surface area (Å²) >= 11 is 0. The predicted octanol–water partition coefficient (Wildman–Crippen LogP) is 3.69. The topological polar surface area (TPSA) is 233 Å². The van der Waals surface area contributed by atoms with Crippen LogP contribution in [0.5, 0.6) is 0 Å². The van der Waals surface area contributed by atoms with E-state index in [1.54, 1.807) is 40.7 Å². The maximum absolute atomic E-state index is 15.3. The van der Waals surface area contributed by atoms with Gasteiger partial charge in [-0.3, -0.25) is 19.2 Å². The molecular weight excluding hydrogens is 790 g/mol. The molecule has 0 saturated carbocycles. The highest BCUT2D eigenvalue weighted by molar-refractivity contribution is 5.94. The second-order valence-electron chi connectivity index (χ2n) is 17.6. The van der Waals surface area contributed by atoms with Crippen molar-refractivity contribution in [1.29, 1.82) is 0 Å². The van der Waals surface area contributed by atoms with E-state index in [4.69, 9.17) is 20.2 Å². The van der Waals surface area contributed by atoms with Gasteiger partial charge in [-0.1, -0.05) is 20.8 Å². The zero-order valence-corrected chi connectivity index (χ0v) is 36.0. The molecular formula is C44H58FN7O9. The van der Waals surface area contributed by atoms with Crippen LogP contribution in [0.25, 0.3) is 22.3 Å². The lowest BCUT2D eigenvalue weighted by atomic mass is 9.81. The largest absolute Gasteiger partial charge is 0.458 e. The van der Waals surface area contributed by atoms with E-state index in [0.717, 1.165) is 16.5 Å². The number of nitrogens with zero attached hydrogens (tertiary/aromatic N) is 2. The molecule has 330 valence electrons. The summed E-state index contributed by atoms with van der Waals surface area (Å²) in [4.78, 5) is 83.3. The van der Waals surface area contributed by atoms with E-state index >= 15 is 4.39 Å². The van der Waals surface area contributed by atoms with E-state index in [1.165, 1.54) is 10.6 Å². The van der Waals surface area contributed by atoms with Gasteiger partial charge in [-0.15, -0.1) is 0 Å². The molecule has 7 N–H and O–H groups in total. The number of pyridine rings is 2. The van der Waals surface area contributed by atoms with Gasteiger partial charge in [0.15, 0.2) is 5.60 Å². The number of nitrogens with one attached hydrogen (secondary N) is 4. The summed E-state index contributed by atoms with van der Waals surface area (Å²) in [5.74, 6) is -2.57. The van der Waals surface area contributed by atoms with E-state index in [2.05, 4.69) is 21.3 Å². The quantitative estimate of drug-likeness (QED) is 0.0746. The number of hydrogen-bond donors (Lipinski definition) is 6. The number of halogens is 1. The molecule has 0 bridgehead atoms. The monoisotopic (exact) mass is 847 g/mol. The Morgan fingerprint density at radius 3 is 2.48 bits per heavy atom. The second-order valence-corrected chi connectivity index (χ2v) is 17.6. The van der Waals surface area contributed by atoms with Crippen molar-refractivity contribution in [2.24, 2.45) is 11.7 Å². The lowest BCUT2D eigenvalue weighted by Crippen LogP contribution is -2.53. The van der Waals surface area contributed by atoms with Crippen molar-refractivity contribution in [3.05, 3.63) is 61.7 Å². The summed E-state index contributed by atoms with van der Waals surface area (Å²) in [5.41, 5.74) is 7.19. The van der Waals surface area contributed by atoms with E-state index in [1.807, 2.05) is 13.8 Å². The molecule has 4 heterocycles. The normalized spacial score (nSPS) is 18.7. The number of rotatable bonds is 15. The molecule has 6 rings (SSSR count). The van der Waals surface area contributed by atoms with Gasteiger partial charge >= 0.3 is 12.1 Å².